The maximum atomic E-state index is 12.8. The van der Waals surface area contributed by atoms with Crippen molar-refractivity contribution in [2.75, 3.05) is 51.5 Å². The fraction of sp³-hybridized carbons (Fsp3) is 0.788. The van der Waals surface area contributed by atoms with E-state index in [1.165, 1.54) is 24.3 Å². The molecule has 1 aromatic carbocycles. The predicted octanol–water partition coefficient (Wildman–Crippen LogP) is -13.0. The van der Waals surface area contributed by atoms with Crippen LogP contribution in [0.5, 0.6) is 0 Å². The third-order valence-electron chi connectivity index (χ3n) is 15.7. The minimum Gasteiger partial charge on any atom is -0.478 e. The van der Waals surface area contributed by atoms with E-state index >= 15 is 0 Å². The van der Waals surface area contributed by atoms with Gasteiger partial charge in [-0.2, -0.15) is 0 Å². The number of para-hydroxylation sites is 1. The third kappa shape index (κ3) is 17.6. The second kappa shape index (κ2) is 33.1. The van der Waals surface area contributed by atoms with Gasteiger partial charge in [0.05, 0.1) is 63.4 Å². The second-order valence-electron chi connectivity index (χ2n) is 22.2. The van der Waals surface area contributed by atoms with Crippen LogP contribution in [0.4, 0.5) is 5.69 Å². The number of carboxylic acid groups (broad SMARTS) is 2. The van der Waals surface area contributed by atoms with Crippen LogP contribution in [0.2, 0.25) is 0 Å². The molecule has 24 N–H and O–H groups in total. The minimum atomic E-state index is -3.02. The fourth-order valence-electron chi connectivity index (χ4n) is 10.9. The molecule has 0 saturated carbocycles. The summed E-state index contributed by atoms with van der Waals surface area (Å²) in [5.74, 6) is -8.90. The van der Waals surface area contributed by atoms with E-state index in [0.717, 1.165) is 20.8 Å². The van der Waals surface area contributed by atoms with Crippen molar-refractivity contribution in [1.82, 2.24) is 16.0 Å². The van der Waals surface area contributed by atoms with Crippen molar-refractivity contribution < 1.29 is 173 Å². The van der Waals surface area contributed by atoms with Crippen molar-refractivity contribution in [3.05, 3.63) is 29.8 Å². The Bertz CT molecular complexity index is 2530. The van der Waals surface area contributed by atoms with Crippen LogP contribution in [0.15, 0.2) is 24.3 Å². The molecule has 5 heterocycles. The molecule has 30 atom stereocenters. The molecule has 91 heavy (non-hydrogen) atoms. The van der Waals surface area contributed by atoms with Gasteiger partial charge in [-0.3, -0.25) is 14.4 Å². The largest absolute Gasteiger partial charge is 0.478 e. The van der Waals surface area contributed by atoms with Crippen LogP contribution in [0.25, 0.3) is 0 Å². The Morgan fingerprint density at radius 3 is 1.71 bits per heavy atom. The highest BCUT2D eigenvalue weighted by Gasteiger charge is 2.59. The first kappa shape index (κ1) is 75.3. The van der Waals surface area contributed by atoms with Crippen molar-refractivity contribution in [1.29, 1.82) is 0 Å². The van der Waals surface area contributed by atoms with E-state index in [1.54, 1.807) is 0 Å². The molecule has 5 fully saturated rings. The SMILES string of the molecule is CC(=O)NC(CNc1ccccc1C(=O)O)[C@@H](O)[C@H](O[C@@H]1OC(CO)[C@@H](O)[C@H](O[C@H]2O[C@H](CO)[C@@H](O)C(O)C2O[C@@H]2OC(CO)[C@@H](O[C@@H]3OC(CO[C@]4(C(=O)O)C[C@@H](O)[C@@H](NC(C)=O)C([C@H](O)[C@H](O)CO)O4)[C@H](O)C(O)[C@@H]3O)C(O)[C@@H]2NC(C)=O)C1O)C(O)CO. The quantitative estimate of drug-likeness (QED) is 0.0354. The van der Waals surface area contributed by atoms with E-state index in [2.05, 4.69) is 21.3 Å². The smallest absolute Gasteiger partial charge is 0.364 e. The number of ether oxygens (including phenoxy) is 10. The van der Waals surface area contributed by atoms with E-state index in [9.17, 15) is 126 Å². The topological polar surface area (TPSA) is 630 Å². The average Bonchev–Trinajstić information content (AvgIpc) is 0.922. The zero-order valence-corrected chi connectivity index (χ0v) is 48.8. The van der Waals surface area contributed by atoms with Gasteiger partial charge in [-0.15, -0.1) is 0 Å². The van der Waals surface area contributed by atoms with Gasteiger partial charge < -0.3 is 171 Å². The summed E-state index contributed by atoms with van der Waals surface area (Å²) in [6, 6.07) is 0.431. The predicted molar refractivity (Wildman–Crippen MR) is 288 cm³/mol. The number of aliphatic hydroxyl groups is 18. The van der Waals surface area contributed by atoms with Crippen molar-refractivity contribution >= 4 is 35.3 Å². The summed E-state index contributed by atoms with van der Waals surface area (Å²) in [7, 11) is 0. The van der Waals surface area contributed by atoms with Gasteiger partial charge in [0.15, 0.2) is 25.2 Å². The van der Waals surface area contributed by atoms with Gasteiger partial charge in [0, 0.05) is 39.4 Å². The molecule has 11 unspecified atom stereocenters. The van der Waals surface area contributed by atoms with E-state index in [-0.39, 0.29) is 11.3 Å². The molecule has 5 aliphatic rings. The van der Waals surface area contributed by atoms with Gasteiger partial charge in [-0.1, -0.05) is 12.1 Å². The third-order valence-corrected chi connectivity index (χ3v) is 15.7. The molecule has 1 aromatic rings. The molecule has 520 valence electrons. The van der Waals surface area contributed by atoms with Gasteiger partial charge in [0.2, 0.25) is 17.7 Å². The maximum absolute atomic E-state index is 12.8. The summed E-state index contributed by atoms with van der Waals surface area (Å²) in [5.41, 5.74) is -0.204. The van der Waals surface area contributed by atoms with Gasteiger partial charge in [-0.05, 0) is 12.1 Å². The van der Waals surface area contributed by atoms with Crippen molar-refractivity contribution in [3.63, 3.8) is 0 Å². The number of benzene rings is 1. The number of nitrogens with one attached hydrogen (secondary N) is 4. The molecule has 3 amide bonds. The molecule has 6 rings (SSSR count). The summed E-state index contributed by atoms with van der Waals surface area (Å²) in [4.78, 5) is 62.0. The number of anilines is 1. The number of carbonyl (C=O) groups excluding carboxylic acids is 3. The summed E-state index contributed by atoms with van der Waals surface area (Å²) >= 11 is 0. The zero-order valence-electron chi connectivity index (χ0n) is 48.8. The van der Waals surface area contributed by atoms with Gasteiger partial charge in [-0.25, -0.2) is 9.59 Å². The Labute approximate surface area is 515 Å². The lowest BCUT2D eigenvalue weighted by molar-refractivity contribution is -0.392. The molecule has 0 aliphatic carbocycles. The Morgan fingerprint density at radius 2 is 1.13 bits per heavy atom. The Morgan fingerprint density at radius 1 is 0.582 bits per heavy atom. The van der Waals surface area contributed by atoms with E-state index in [1.807, 2.05) is 0 Å². The number of aliphatic hydroxyl groups excluding tert-OH is 18. The van der Waals surface area contributed by atoms with Gasteiger partial charge in [0.25, 0.3) is 5.79 Å². The summed E-state index contributed by atoms with van der Waals surface area (Å²) in [6.45, 7) is -4.32. The average molecular weight is 1320 g/mol. The number of aromatic carboxylic acids is 1. The Balaban J connectivity index is 1.23. The van der Waals surface area contributed by atoms with Gasteiger partial charge >= 0.3 is 11.9 Å². The highest BCUT2D eigenvalue weighted by atomic mass is 16.8. The van der Waals surface area contributed by atoms with Gasteiger partial charge in [0.1, 0.15) is 134 Å². The van der Waals surface area contributed by atoms with E-state index in [0.29, 0.717) is 0 Å². The van der Waals surface area contributed by atoms with Crippen LogP contribution in [-0.4, -0.2) is 361 Å². The zero-order chi connectivity index (χ0) is 67.7. The van der Waals surface area contributed by atoms with Crippen molar-refractivity contribution in [3.8, 4) is 0 Å². The molecular weight excluding hydrogens is 1240 g/mol. The molecule has 39 nitrogen and oxygen atoms in total. The lowest BCUT2D eigenvalue weighted by Gasteiger charge is -2.50. The number of aliphatic carboxylic acids is 1. The normalized spacial score (nSPS) is 39.1. The Hall–Kier alpha value is -4.75. The van der Waals surface area contributed by atoms with Crippen molar-refractivity contribution in [2.24, 2.45) is 0 Å². The number of carboxylic acids is 2. The molecule has 0 aromatic heterocycles. The lowest BCUT2D eigenvalue weighted by atomic mass is 9.88. The summed E-state index contributed by atoms with van der Waals surface area (Å²) < 4.78 is 57.8. The molecule has 5 aliphatic heterocycles. The van der Waals surface area contributed by atoms with Crippen LogP contribution in [0, 0.1) is 0 Å². The monoisotopic (exact) mass is 1320 g/mol. The highest BCUT2D eigenvalue weighted by Crippen LogP contribution is 2.38. The number of hydrogen-bond acceptors (Lipinski definition) is 34. The number of rotatable bonds is 29. The number of carbonyl (C=O) groups is 5. The van der Waals surface area contributed by atoms with Crippen LogP contribution >= 0.6 is 0 Å². The maximum Gasteiger partial charge on any atom is 0.364 e. The van der Waals surface area contributed by atoms with E-state index in [4.69, 9.17) is 47.4 Å². The molecule has 5 saturated heterocycles. The molecule has 0 radical (unpaired) electrons. The lowest BCUT2D eigenvalue weighted by Crippen LogP contribution is -2.70. The molecular formula is C52H82N4O35. The van der Waals surface area contributed by atoms with E-state index < -0.39 is 266 Å². The number of amides is 3. The first-order valence-corrected chi connectivity index (χ1v) is 28.4. The second-order valence-corrected chi connectivity index (χ2v) is 22.2. The fourth-order valence-corrected chi connectivity index (χ4v) is 10.9. The first-order chi connectivity index (χ1) is 42.9. The number of hydrogen-bond donors (Lipinski definition) is 24. The van der Waals surface area contributed by atoms with Crippen LogP contribution in [0.3, 0.4) is 0 Å². The van der Waals surface area contributed by atoms with Crippen molar-refractivity contribution in [2.45, 2.75) is 211 Å². The standard InChI is InChI=1S/C52H82N4O35/c1-16(62)54-21(9-53-20-7-5-4-6-19(20)46(78)79)31(68)41(24(67)11-58)87-49-40(77)44(35(72)26(13-60)83-49)89-50-45(38(75)33(70)25(12-59)84-50)90-47-30(56-18(3)64)36(73)42(27(14-61)85-47)88-48-39(76)37(74)34(71)28(86-48)15-82-52(51(80)81)8-22(65)29(55-17(2)63)43(91-52)32(69)23(66)10-57/h4-7,21-45,47-50,53,57-61,65-77H,8-15H2,1-3H3,(H,54,62)(H,55,63)(H,56,64)(H,78,79)(H,80,81)/t21?,22-,23-,24?,25-,26?,27?,28?,29-,30+,31-,32-,33-,34+,35-,36?,37?,38?,39+,40?,41-,42-,43?,44+,45?,47+,48+,49+,50-,52-/m1/s1. The van der Waals surface area contributed by atoms with Crippen LogP contribution in [-0.2, 0) is 66.5 Å². The first-order valence-electron chi connectivity index (χ1n) is 28.4. The highest BCUT2D eigenvalue weighted by molar-refractivity contribution is 5.94. The minimum absolute atomic E-state index is 0.0175. The Kier molecular flexibility index (Phi) is 27.4. The molecule has 0 bridgehead atoms. The summed E-state index contributed by atoms with van der Waals surface area (Å²) in [6.07, 6.45) is -56.1. The summed E-state index contributed by atoms with van der Waals surface area (Å²) in [5, 5.41) is 227. The van der Waals surface area contributed by atoms with Crippen LogP contribution in [0.1, 0.15) is 37.6 Å². The molecule has 0 spiro atoms. The molecule has 39 heteroatoms. The van der Waals surface area contributed by atoms with Crippen LogP contribution < -0.4 is 21.3 Å².